The van der Waals surface area contributed by atoms with Crippen LogP contribution >= 0.6 is 0 Å². The molecule has 154 valence electrons. The van der Waals surface area contributed by atoms with E-state index in [1.54, 1.807) is 12.1 Å². The number of carbonyl (C=O) groups excluding carboxylic acids is 3. The fraction of sp³-hybridized carbons (Fsp3) is 0.222. The van der Waals surface area contributed by atoms with Crippen LogP contribution in [0.4, 0.5) is 18.9 Å². The van der Waals surface area contributed by atoms with Gasteiger partial charge in [-0.05, 0) is 18.2 Å². The van der Waals surface area contributed by atoms with Gasteiger partial charge in [-0.15, -0.1) is 0 Å². The molecule has 29 heavy (non-hydrogen) atoms. The zero-order valence-corrected chi connectivity index (χ0v) is 15.0. The average Bonchev–Trinajstić information content (AvgIpc) is 2.67. The number of pyridine rings is 1. The van der Waals surface area contributed by atoms with Gasteiger partial charge in [0.2, 0.25) is 0 Å². The number of amides is 1. The van der Waals surface area contributed by atoms with Crippen molar-refractivity contribution in [2.75, 3.05) is 19.0 Å². The topological polar surface area (TPSA) is 104 Å². The Kier molecular flexibility index (Phi) is 6.75. The summed E-state index contributed by atoms with van der Waals surface area (Å²) in [5.41, 5.74) is -1.76. The molecule has 1 aromatic carbocycles. The highest BCUT2D eigenvalue weighted by atomic mass is 19.4. The molecule has 0 radical (unpaired) electrons. The zero-order chi connectivity index (χ0) is 21.6. The Morgan fingerprint density at radius 3 is 2.45 bits per heavy atom. The van der Waals surface area contributed by atoms with E-state index in [0.717, 1.165) is 0 Å². The first-order chi connectivity index (χ1) is 13.6. The SMILES string of the molecule is COC(=O)c1ccccc1NC(=O)COC(=O)Cn1cc(C(F)(F)F)ccc1=O. The molecule has 0 fully saturated rings. The molecule has 0 aliphatic heterocycles. The van der Waals surface area contributed by atoms with Gasteiger partial charge in [0, 0.05) is 12.3 Å². The summed E-state index contributed by atoms with van der Waals surface area (Å²) in [6, 6.07) is 7.20. The molecule has 0 atom stereocenters. The second-order valence-electron chi connectivity index (χ2n) is 5.63. The normalized spacial score (nSPS) is 10.9. The minimum absolute atomic E-state index is 0.0743. The number of ether oxygens (including phenoxy) is 2. The van der Waals surface area contributed by atoms with Gasteiger partial charge >= 0.3 is 18.1 Å². The van der Waals surface area contributed by atoms with Crippen molar-refractivity contribution in [2.24, 2.45) is 0 Å². The van der Waals surface area contributed by atoms with Crippen LogP contribution in [0.2, 0.25) is 0 Å². The minimum Gasteiger partial charge on any atom is -0.465 e. The van der Waals surface area contributed by atoms with Crippen molar-refractivity contribution in [3.63, 3.8) is 0 Å². The molecule has 1 N–H and O–H groups in total. The lowest BCUT2D eigenvalue weighted by molar-refractivity contribution is -0.148. The smallest absolute Gasteiger partial charge is 0.417 e. The van der Waals surface area contributed by atoms with Crippen molar-refractivity contribution in [1.29, 1.82) is 0 Å². The van der Waals surface area contributed by atoms with E-state index in [2.05, 4.69) is 14.8 Å². The van der Waals surface area contributed by atoms with Crippen LogP contribution in [0.1, 0.15) is 15.9 Å². The van der Waals surface area contributed by atoms with Crippen molar-refractivity contribution in [3.05, 3.63) is 64.1 Å². The van der Waals surface area contributed by atoms with Crippen LogP contribution in [0, 0.1) is 0 Å². The summed E-state index contributed by atoms with van der Waals surface area (Å²) < 4.78 is 47.9. The molecule has 0 spiro atoms. The van der Waals surface area contributed by atoms with E-state index in [-0.39, 0.29) is 11.3 Å². The van der Waals surface area contributed by atoms with E-state index in [9.17, 15) is 32.3 Å². The highest BCUT2D eigenvalue weighted by Crippen LogP contribution is 2.28. The maximum atomic E-state index is 12.7. The van der Waals surface area contributed by atoms with Crippen molar-refractivity contribution in [1.82, 2.24) is 4.57 Å². The molecule has 0 bridgehead atoms. The second kappa shape index (κ2) is 9.04. The minimum atomic E-state index is -4.69. The number of carbonyl (C=O) groups is 3. The number of alkyl halides is 3. The monoisotopic (exact) mass is 412 g/mol. The molecule has 0 unspecified atom stereocenters. The molecule has 8 nitrogen and oxygen atoms in total. The fourth-order valence-corrected chi connectivity index (χ4v) is 2.22. The number of nitrogens with zero attached hydrogens (tertiary/aromatic N) is 1. The number of rotatable bonds is 6. The van der Waals surface area contributed by atoms with Crippen LogP contribution in [-0.2, 0) is 31.8 Å². The summed E-state index contributed by atoms with van der Waals surface area (Å²) in [5, 5.41) is 2.35. The van der Waals surface area contributed by atoms with Gasteiger partial charge in [0.15, 0.2) is 6.61 Å². The molecule has 2 rings (SSSR count). The fourth-order valence-electron chi connectivity index (χ4n) is 2.22. The number of methoxy groups -OCH3 is 1. The standard InChI is InChI=1S/C18H15F3N2O6/c1-28-17(27)12-4-2-3-5-13(12)22-14(24)10-29-16(26)9-23-8-11(18(19,20)21)6-7-15(23)25/h2-8H,9-10H2,1H3,(H,22,24). The third-order valence-corrected chi connectivity index (χ3v) is 3.58. The van der Waals surface area contributed by atoms with Crippen LogP contribution in [0.3, 0.4) is 0 Å². The molecule has 2 aromatic rings. The first kappa shape index (κ1) is 21.7. The van der Waals surface area contributed by atoms with Crippen molar-refractivity contribution >= 4 is 23.5 Å². The Morgan fingerprint density at radius 2 is 1.79 bits per heavy atom. The summed E-state index contributed by atoms with van der Waals surface area (Å²) in [4.78, 5) is 47.0. The highest BCUT2D eigenvalue weighted by Gasteiger charge is 2.31. The van der Waals surface area contributed by atoms with Crippen LogP contribution in [-0.4, -0.2) is 36.1 Å². The molecule has 0 aliphatic carbocycles. The maximum absolute atomic E-state index is 12.7. The van der Waals surface area contributed by atoms with Gasteiger partial charge in [0.05, 0.1) is 23.9 Å². The lowest BCUT2D eigenvalue weighted by atomic mass is 10.2. The first-order valence-electron chi connectivity index (χ1n) is 8.02. The quantitative estimate of drug-likeness (QED) is 0.727. The van der Waals surface area contributed by atoms with Gasteiger partial charge < -0.3 is 19.4 Å². The summed E-state index contributed by atoms with van der Waals surface area (Å²) in [6.07, 6.45) is -4.21. The third kappa shape index (κ3) is 5.92. The number of hydrogen-bond acceptors (Lipinski definition) is 6. The second-order valence-corrected chi connectivity index (χ2v) is 5.63. The van der Waals surface area contributed by atoms with E-state index in [0.29, 0.717) is 22.9 Å². The molecule has 0 saturated heterocycles. The molecule has 11 heteroatoms. The summed E-state index contributed by atoms with van der Waals surface area (Å²) in [7, 11) is 1.17. The predicted molar refractivity (Wildman–Crippen MR) is 93.1 cm³/mol. The van der Waals surface area contributed by atoms with Crippen molar-refractivity contribution in [2.45, 2.75) is 12.7 Å². The number of esters is 2. The number of anilines is 1. The van der Waals surface area contributed by atoms with Gasteiger partial charge in [-0.2, -0.15) is 13.2 Å². The largest absolute Gasteiger partial charge is 0.465 e. The van der Waals surface area contributed by atoms with Crippen LogP contribution in [0.5, 0.6) is 0 Å². The molecule has 0 aliphatic rings. The molecule has 0 saturated carbocycles. The number of benzene rings is 1. The predicted octanol–water partition coefficient (Wildman–Crippen LogP) is 1.84. The van der Waals surface area contributed by atoms with Gasteiger partial charge in [-0.3, -0.25) is 14.4 Å². The van der Waals surface area contributed by atoms with Gasteiger partial charge in [-0.1, -0.05) is 12.1 Å². The molecule has 1 aromatic heterocycles. The zero-order valence-electron chi connectivity index (χ0n) is 15.0. The average molecular weight is 412 g/mol. The summed E-state index contributed by atoms with van der Waals surface area (Å²) in [5.74, 6) is -2.59. The first-order valence-corrected chi connectivity index (χ1v) is 8.02. The van der Waals surface area contributed by atoms with Gasteiger partial charge in [0.25, 0.3) is 11.5 Å². The van der Waals surface area contributed by atoms with Crippen molar-refractivity contribution in [3.8, 4) is 0 Å². The Morgan fingerprint density at radius 1 is 1.10 bits per heavy atom. The molecule has 1 heterocycles. The highest BCUT2D eigenvalue weighted by molar-refractivity contribution is 6.01. The van der Waals surface area contributed by atoms with E-state index in [1.165, 1.54) is 19.2 Å². The number of nitrogens with one attached hydrogen (secondary N) is 1. The van der Waals surface area contributed by atoms with Crippen LogP contribution < -0.4 is 10.9 Å². The Bertz CT molecular complexity index is 984. The Labute approximate surface area is 161 Å². The van der Waals surface area contributed by atoms with Crippen LogP contribution in [0.15, 0.2) is 47.4 Å². The van der Waals surface area contributed by atoms with Gasteiger partial charge in [-0.25, -0.2) is 4.79 Å². The number of para-hydroxylation sites is 1. The van der Waals surface area contributed by atoms with E-state index < -0.39 is 48.3 Å². The lowest BCUT2D eigenvalue weighted by Crippen LogP contribution is -2.28. The number of aromatic nitrogens is 1. The molecular weight excluding hydrogens is 397 g/mol. The molecular formula is C18H15F3N2O6. The Hall–Kier alpha value is -3.63. The number of hydrogen-bond donors (Lipinski definition) is 1. The molecule has 1 amide bonds. The lowest BCUT2D eigenvalue weighted by Gasteiger charge is -2.11. The van der Waals surface area contributed by atoms with E-state index in [4.69, 9.17) is 0 Å². The van der Waals surface area contributed by atoms with E-state index in [1.807, 2.05) is 0 Å². The summed E-state index contributed by atoms with van der Waals surface area (Å²) >= 11 is 0. The number of halogens is 3. The third-order valence-electron chi connectivity index (χ3n) is 3.58. The maximum Gasteiger partial charge on any atom is 0.417 e. The Balaban J connectivity index is 1.98. The van der Waals surface area contributed by atoms with Gasteiger partial charge in [0.1, 0.15) is 6.54 Å². The summed E-state index contributed by atoms with van der Waals surface area (Å²) in [6.45, 7) is -1.59. The van der Waals surface area contributed by atoms with Crippen molar-refractivity contribution < 1.29 is 37.0 Å². The van der Waals surface area contributed by atoms with Crippen LogP contribution in [0.25, 0.3) is 0 Å². The van der Waals surface area contributed by atoms with E-state index >= 15 is 0 Å².